The fraction of sp³-hybridized carbons (Fsp3) is 0.625. The summed E-state index contributed by atoms with van der Waals surface area (Å²) in [6.07, 6.45) is 5.13. The van der Waals surface area contributed by atoms with E-state index in [0.29, 0.717) is 17.1 Å². The lowest BCUT2D eigenvalue weighted by molar-refractivity contribution is 0.192. The van der Waals surface area contributed by atoms with Crippen LogP contribution >= 0.6 is 12.2 Å². The Bertz CT molecular complexity index is 557. The highest BCUT2D eigenvalue weighted by atomic mass is 32.1. The number of anilines is 1. The standard InChI is InChI=1S/C16H24N4S/c1-10-9-11(2)18-16(14(10)15(17)21)19-12-6-8-20-7-4-3-5-13(12)20/h9,12-13H,3-8H2,1-2H3,(H2,17,21)(H,18,19). The number of aromatic nitrogens is 1. The van der Waals surface area contributed by atoms with E-state index in [4.69, 9.17) is 18.0 Å². The van der Waals surface area contributed by atoms with E-state index >= 15 is 0 Å². The molecule has 4 nitrogen and oxygen atoms in total. The molecule has 2 atom stereocenters. The molecule has 3 heterocycles. The van der Waals surface area contributed by atoms with Crippen LogP contribution in [0.25, 0.3) is 0 Å². The molecule has 2 saturated heterocycles. The zero-order chi connectivity index (χ0) is 15.0. The molecule has 21 heavy (non-hydrogen) atoms. The predicted octanol–water partition coefficient (Wildman–Crippen LogP) is 2.37. The first-order chi connectivity index (χ1) is 10.1. The highest BCUT2D eigenvalue weighted by molar-refractivity contribution is 7.80. The van der Waals surface area contributed by atoms with Crippen LogP contribution in [0.15, 0.2) is 6.07 Å². The third-order valence-corrected chi connectivity index (χ3v) is 4.97. The van der Waals surface area contributed by atoms with Crippen molar-refractivity contribution in [1.29, 1.82) is 0 Å². The Balaban J connectivity index is 1.86. The van der Waals surface area contributed by atoms with Gasteiger partial charge in [0.15, 0.2) is 0 Å². The molecule has 0 saturated carbocycles. The maximum Gasteiger partial charge on any atom is 0.137 e. The van der Waals surface area contributed by atoms with Crippen molar-refractivity contribution < 1.29 is 0 Å². The van der Waals surface area contributed by atoms with Gasteiger partial charge in [0, 0.05) is 24.3 Å². The second-order valence-corrected chi connectivity index (χ2v) is 6.75. The van der Waals surface area contributed by atoms with Gasteiger partial charge in [-0.05, 0) is 51.3 Å². The number of fused-ring (bicyclic) bond motifs is 1. The number of hydrogen-bond donors (Lipinski definition) is 2. The first-order valence-electron chi connectivity index (χ1n) is 7.85. The summed E-state index contributed by atoms with van der Waals surface area (Å²) in [5, 5.41) is 3.65. The van der Waals surface area contributed by atoms with Crippen molar-refractivity contribution in [1.82, 2.24) is 9.88 Å². The number of nitrogens with two attached hydrogens (primary N) is 1. The molecule has 2 aliphatic rings. The lowest BCUT2D eigenvalue weighted by atomic mass is 9.98. The van der Waals surface area contributed by atoms with Crippen molar-refractivity contribution in [3.05, 3.63) is 22.9 Å². The van der Waals surface area contributed by atoms with Crippen LogP contribution in [0.5, 0.6) is 0 Å². The average Bonchev–Trinajstić information content (AvgIpc) is 2.81. The summed E-state index contributed by atoms with van der Waals surface area (Å²) in [6, 6.07) is 3.15. The number of nitrogens with zero attached hydrogens (tertiary/aromatic N) is 2. The number of nitrogens with one attached hydrogen (secondary N) is 1. The maximum absolute atomic E-state index is 5.91. The summed E-state index contributed by atoms with van der Waals surface area (Å²) in [5.41, 5.74) is 8.94. The highest BCUT2D eigenvalue weighted by Gasteiger charge is 2.36. The molecule has 0 amide bonds. The van der Waals surface area contributed by atoms with Gasteiger partial charge >= 0.3 is 0 Å². The van der Waals surface area contributed by atoms with E-state index < -0.39 is 0 Å². The maximum atomic E-state index is 5.91. The number of rotatable bonds is 3. The van der Waals surface area contributed by atoms with Crippen molar-refractivity contribution in [3.63, 3.8) is 0 Å². The Hall–Kier alpha value is -1.20. The molecule has 0 radical (unpaired) electrons. The van der Waals surface area contributed by atoms with E-state index in [-0.39, 0.29) is 0 Å². The molecule has 0 aromatic carbocycles. The third kappa shape index (κ3) is 2.90. The van der Waals surface area contributed by atoms with Crippen LogP contribution in [-0.4, -0.2) is 40.0 Å². The quantitative estimate of drug-likeness (QED) is 0.840. The molecule has 3 N–H and O–H groups in total. The van der Waals surface area contributed by atoms with Gasteiger partial charge in [-0.2, -0.15) is 0 Å². The van der Waals surface area contributed by atoms with Gasteiger partial charge in [-0.1, -0.05) is 18.6 Å². The molecule has 2 fully saturated rings. The second-order valence-electron chi connectivity index (χ2n) is 6.31. The molecule has 0 bridgehead atoms. The average molecular weight is 304 g/mol. The van der Waals surface area contributed by atoms with Crippen LogP contribution in [0, 0.1) is 13.8 Å². The largest absolute Gasteiger partial charge is 0.389 e. The predicted molar refractivity (Wildman–Crippen MR) is 90.8 cm³/mol. The van der Waals surface area contributed by atoms with Crippen molar-refractivity contribution in [2.45, 2.75) is 51.6 Å². The normalized spacial score (nSPS) is 25.6. The van der Waals surface area contributed by atoms with Gasteiger partial charge in [-0.3, -0.25) is 4.90 Å². The van der Waals surface area contributed by atoms with Crippen LogP contribution in [0.3, 0.4) is 0 Å². The molecule has 2 unspecified atom stereocenters. The van der Waals surface area contributed by atoms with Gasteiger partial charge in [-0.15, -0.1) is 0 Å². The minimum Gasteiger partial charge on any atom is -0.389 e. The van der Waals surface area contributed by atoms with Crippen LogP contribution in [0.4, 0.5) is 5.82 Å². The highest BCUT2D eigenvalue weighted by Crippen LogP contribution is 2.30. The molecule has 114 valence electrons. The molecule has 1 aromatic rings. The van der Waals surface area contributed by atoms with Crippen LogP contribution in [0.1, 0.15) is 42.5 Å². The number of pyridine rings is 1. The van der Waals surface area contributed by atoms with Gasteiger partial charge < -0.3 is 11.1 Å². The summed E-state index contributed by atoms with van der Waals surface area (Å²) in [5.74, 6) is 0.873. The fourth-order valence-electron chi connectivity index (χ4n) is 3.84. The third-order valence-electron chi connectivity index (χ3n) is 4.77. The van der Waals surface area contributed by atoms with Crippen molar-refractivity contribution in [3.8, 4) is 0 Å². The van der Waals surface area contributed by atoms with Gasteiger partial charge in [0.25, 0.3) is 0 Å². The Kier molecular flexibility index (Phi) is 4.13. The lowest BCUT2D eigenvalue weighted by Crippen LogP contribution is -2.42. The number of hydrogen-bond acceptors (Lipinski definition) is 4. The van der Waals surface area contributed by atoms with E-state index in [9.17, 15) is 0 Å². The summed E-state index contributed by atoms with van der Waals surface area (Å²) in [4.78, 5) is 7.71. The van der Waals surface area contributed by atoms with Gasteiger partial charge in [0.05, 0.1) is 5.56 Å². The van der Waals surface area contributed by atoms with E-state index in [2.05, 4.69) is 22.1 Å². The first kappa shape index (κ1) is 14.7. The minimum absolute atomic E-state index is 0.431. The van der Waals surface area contributed by atoms with Crippen molar-refractivity contribution in [2.24, 2.45) is 5.73 Å². The van der Waals surface area contributed by atoms with Gasteiger partial charge in [0.1, 0.15) is 10.8 Å². The van der Waals surface area contributed by atoms with Crippen molar-refractivity contribution >= 4 is 23.0 Å². The molecular weight excluding hydrogens is 280 g/mol. The zero-order valence-electron chi connectivity index (χ0n) is 12.9. The Morgan fingerprint density at radius 2 is 2.14 bits per heavy atom. The van der Waals surface area contributed by atoms with E-state index in [1.54, 1.807) is 0 Å². The van der Waals surface area contributed by atoms with Crippen LogP contribution < -0.4 is 11.1 Å². The Morgan fingerprint density at radius 3 is 2.90 bits per heavy atom. The van der Waals surface area contributed by atoms with E-state index in [1.807, 2.05) is 13.0 Å². The number of piperidine rings is 1. The smallest absolute Gasteiger partial charge is 0.137 e. The topological polar surface area (TPSA) is 54.2 Å². The Morgan fingerprint density at radius 1 is 1.33 bits per heavy atom. The molecular formula is C16H24N4S. The monoisotopic (exact) mass is 304 g/mol. The zero-order valence-corrected chi connectivity index (χ0v) is 13.7. The molecule has 2 aliphatic heterocycles. The lowest BCUT2D eigenvalue weighted by Gasteiger charge is -2.33. The minimum atomic E-state index is 0.431. The van der Waals surface area contributed by atoms with E-state index in [1.165, 1.54) is 38.8 Å². The van der Waals surface area contributed by atoms with E-state index in [0.717, 1.165) is 22.6 Å². The fourth-order valence-corrected chi connectivity index (χ4v) is 4.10. The summed E-state index contributed by atoms with van der Waals surface area (Å²) in [6.45, 7) is 6.50. The first-order valence-corrected chi connectivity index (χ1v) is 8.25. The molecule has 5 heteroatoms. The summed E-state index contributed by atoms with van der Waals surface area (Å²) >= 11 is 5.22. The van der Waals surface area contributed by atoms with Gasteiger partial charge in [-0.25, -0.2) is 4.98 Å². The number of thiocarbonyl (C=S) groups is 1. The summed E-state index contributed by atoms with van der Waals surface area (Å²) < 4.78 is 0. The second kappa shape index (κ2) is 5.89. The molecule has 1 aromatic heterocycles. The van der Waals surface area contributed by atoms with Gasteiger partial charge in [0.2, 0.25) is 0 Å². The molecule has 3 rings (SSSR count). The Labute approximate surface area is 132 Å². The van der Waals surface area contributed by atoms with Crippen molar-refractivity contribution in [2.75, 3.05) is 18.4 Å². The summed E-state index contributed by atoms with van der Waals surface area (Å²) in [7, 11) is 0. The number of aryl methyl sites for hydroxylation is 2. The SMILES string of the molecule is Cc1cc(C)c(C(N)=S)c(NC2CCN3CCCCC23)n1. The van der Waals surface area contributed by atoms with Crippen LogP contribution in [0.2, 0.25) is 0 Å². The molecule has 0 spiro atoms. The van der Waals surface area contributed by atoms with Crippen LogP contribution in [-0.2, 0) is 0 Å². The molecule has 0 aliphatic carbocycles.